The predicted octanol–water partition coefficient (Wildman–Crippen LogP) is 3.79. The first-order chi connectivity index (χ1) is 15.8. The van der Waals surface area contributed by atoms with Crippen molar-refractivity contribution in [3.63, 3.8) is 0 Å². The van der Waals surface area contributed by atoms with Gasteiger partial charge < -0.3 is 20.1 Å². The fourth-order valence-corrected chi connectivity index (χ4v) is 4.36. The van der Waals surface area contributed by atoms with Gasteiger partial charge in [-0.1, -0.05) is 40.6 Å². The number of rotatable bonds is 5. The minimum atomic E-state index is -5.08. The molecule has 0 amide bonds. The molecule has 1 aromatic carbocycles. The van der Waals surface area contributed by atoms with Gasteiger partial charge in [-0.05, 0) is 25.9 Å². The molecule has 1 unspecified atom stereocenters. The summed E-state index contributed by atoms with van der Waals surface area (Å²) in [5, 5.41) is 22.3. The summed E-state index contributed by atoms with van der Waals surface area (Å²) in [4.78, 5) is 24.4. The van der Waals surface area contributed by atoms with Crippen LogP contribution in [0, 0.1) is 0 Å². The minimum Gasteiger partial charge on any atom is -0.475 e. The van der Waals surface area contributed by atoms with Gasteiger partial charge in [0.2, 0.25) is 0 Å². The number of piperidine rings is 1. The van der Waals surface area contributed by atoms with Gasteiger partial charge >= 0.3 is 12.1 Å². The molecule has 4 rings (SSSR count). The van der Waals surface area contributed by atoms with Gasteiger partial charge in [0.15, 0.2) is 6.10 Å². The minimum absolute atomic E-state index is 0.253. The van der Waals surface area contributed by atoms with Crippen LogP contribution in [0.5, 0.6) is 0 Å². The van der Waals surface area contributed by atoms with Crippen LogP contribution >= 0.6 is 11.3 Å². The molecule has 0 aliphatic carbocycles. The number of aromatic nitrogens is 1. The summed E-state index contributed by atoms with van der Waals surface area (Å²) in [5.74, 6) is -2.20. The lowest BCUT2D eigenvalue weighted by Gasteiger charge is -2.20. The van der Waals surface area contributed by atoms with Crippen molar-refractivity contribution in [2.75, 3.05) is 20.2 Å². The third-order valence-corrected chi connectivity index (χ3v) is 5.99. The van der Waals surface area contributed by atoms with E-state index in [0.717, 1.165) is 48.6 Å². The SMILES string of the molecule is CO/N=C(/c1ccccc1)C1CC(c2csc(C3CCNCC3)n2)=NO1.O=C(O)C(F)(F)F. The van der Waals surface area contributed by atoms with Crippen molar-refractivity contribution < 1.29 is 32.7 Å². The van der Waals surface area contributed by atoms with Crippen LogP contribution in [0.3, 0.4) is 0 Å². The number of carboxylic acid groups (broad SMARTS) is 1. The molecule has 2 N–H and O–H groups in total. The summed E-state index contributed by atoms with van der Waals surface area (Å²) in [6.07, 6.45) is -2.39. The topological polar surface area (TPSA) is 105 Å². The number of nitrogens with one attached hydrogen (secondary N) is 1. The number of aliphatic carboxylic acids is 1. The zero-order valence-corrected chi connectivity index (χ0v) is 18.5. The Bertz CT molecular complexity index is 989. The van der Waals surface area contributed by atoms with E-state index >= 15 is 0 Å². The molecular weight excluding hydrogens is 461 g/mol. The molecule has 3 heterocycles. The molecular formula is C21H23F3N4O4S. The molecule has 12 heteroatoms. The Morgan fingerprint density at radius 3 is 2.55 bits per heavy atom. The second kappa shape index (κ2) is 11.2. The Balaban J connectivity index is 0.000000383. The van der Waals surface area contributed by atoms with Crippen LogP contribution in [-0.2, 0) is 14.5 Å². The van der Waals surface area contributed by atoms with E-state index in [2.05, 4.69) is 21.0 Å². The number of halogens is 3. The maximum atomic E-state index is 10.6. The summed E-state index contributed by atoms with van der Waals surface area (Å²) in [5.41, 5.74) is 3.53. The van der Waals surface area contributed by atoms with E-state index < -0.39 is 12.1 Å². The molecule has 1 fully saturated rings. The average molecular weight is 485 g/mol. The van der Waals surface area contributed by atoms with E-state index in [1.807, 2.05) is 30.3 Å². The first kappa shape index (κ1) is 24.6. The monoisotopic (exact) mass is 484 g/mol. The van der Waals surface area contributed by atoms with Gasteiger partial charge in [-0.15, -0.1) is 11.3 Å². The van der Waals surface area contributed by atoms with Crippen LogP contribution in [-0.4, -0.2) is 60.0 Å². The van der Waals surface area contributed by atoms with E-state index in [4.69, 9.17) is 24.6 Å². The molecule has 2 aliphatic rings. The number of oxime groups is 2. The van der Waals surface area contributed by atoms with E-state index in [1.54, 1.807) is 18.4 Å². The molecule has 0 saturated carbocycles. The van der Waals surface area contributed by atoms with E-state index in [0.29, 0.717) is 12.3 Å². The maximum Gasteiger partial charge on any atom is 0.490 e. The molecule has 0 spiro atoms. The molecule has 1 saturated heterocycles. The molecule has 1 atom stereocenters. The van der Waals surface area contributed by atoms with E-state index in [9.17, 15) is 13.2 Å². The smallest absolute Gasteiger partial charge is 0.475 e. The Hall–Kier alpha value is -2.99. The lowest BCUT2D eigenvalue weighted by Crippen LogP contribution is -2.26. The van der Waals surface area contributed by atoms with E-state index in [1.165, 1.54) is 5.01 Å². The quantitative estimate of drug-likeness (QED) is 0.494. The van der Waals surface area contributed by atoms with Gasteiger partial charge in [0, 0.05) is 23.3 Å². The van der Waals surface area contributed by atoms with Crippen LogP contribution in [0.1, 0.15) is 41.4 Å². The summed E-state index contributed by atoms with van der Waals surface area (Å²) < 4.78 is 31.7. The maximum absolute atomic E-state index is 10.6. The lowest BCUT2D eigenvalue weighted by molar-refractivity contribution is -0.192. The third kappa shape index (κ3) is 6.75. The normalized spacial score (nSPS) is 19.2. The average Bonchev–Trinajstić information content (AvgIpc) is 3.48. The molecule has 0 radical (unpaired) electrons. The summed E-state index contributed by atoms with van der Waals surface area (Å²) >= 11 is 1.73. The third-order valence-electron chi connectivity index (χ3n) is 4.98. The Morgan fingerprint density at radius 2 is 1.94 bits per heavy atom. The number of hydrogen-bond acceptors (Lipinski definition) is 8. The fraction of sp³-hybridized carbons (Fsp3) is 0.429. The van der Waals surface area contributed by atoms with Crippen LogP contribution in [0.4, 0.5) is 13.2 Å². The van der Waals surface area contributed by atoms with Crippen molar-refractivity contribution >= 4 is 28.7 Å². The number of thiazole rings is 1. The van der Waals surface area contributed by atoms with Crippen molar-refractivity contribution in [3.8, 4) is 0 Å². The van der Waals surface area contributed by atoms with Crippen LogP contribution in [0.15, 0.2) is 46.0 Å². The highest BCUT2D eigenvalue weighted by Gasteiger charge is 2.38. The van der Waals surface area contributed by atoms with Gasteiger partial charge in [0.05, 0.1) is 10.7 Å². The van der Waals surface area contributed by atoms with Crippen molar-refractivity contribution in [1.82, 2.24) is 10.3 Å². The van der Waals surface area contributed by atoms with Crippen LogP contribution in [0.25, 0.3) is 0 Å². The van der Waals surface area contributed by atoms with Gasteiger partial charge in [0.1, 0.15) is 18.5 Å². The highest BCUT2D eigenvalue weighted by Crippen LogP contribution is 2.29. The van der Waals surface area contributed by atoms with Gasteiger partial charge in [-0.25, -0.2) is 9.78 Å². The number of benzene rings is 1. The van der Waals surface area contributed by atoms with Gasteiger partial charge in [-0.2, -0.15) is 13.2 Å². The Kier molecular flexibility index (Phi) is 8.39. The molecule has 1 aromatic heterocycles. The Morgan fingerprint density at radius 1 is 1.27 bits per heavy atom. The number of hydrogen-bond donors (Lipinski definition) is 2. The summed E-state index contributed by atoms with van der Waals surface area (Å²) in [6, 6.07) is 9.92. The first-order valence-electron chi connectivity index (χ1n) is 10.2. The largest absolute Gasteiger partial charge is 0.490 e. The first-order valence-corrected chi connectivity index (χ1v) is 11.0. The number of alkyl halides is 3. The lowest BCUT2D eigenvalue weighted by atomic mass is 9.99. The zero-order chi connectivity index (χ0) is 23.8. The van der Waals surface area contributed by atoms with Crippen LogP contribution in [0.2, 0.25) is 0 Å². The second-order valence-electron chi connectivity index (χ2n) is 7.26. The Labute approximate surface area is 192 Å². The zero-order valence-electron chi connectivity index (χ0n) is 17.7. The molecule has 2 aromatic rings. The molecule has 178 valence electrons. The highest BCUT2D eigenvalue weighted by atomic mass is 32.1. The molecule has 33 heavy (non-hydrogen) atoms. The highest BCUT2D eigenvalue weighted by molar-refractivity contribution is 7.10. The van der Waals surface area contributed by atoms with Crippen LogP contribution < -0.4 is 5.32 Å². The van der Waals surface area contributed by atoms with Crippen molar-refractivity contribution in [1.29, 1.82) is 0 Å². The predicted molar refractivity (Wildman–Crippen MR) is 117 cm³/mol. The number of nitrogens with zero attached hydrogens (tertiary/aromatic N) is 3. The fourth-order valence-electron chi connectivity index (χ4n) is 3.36. The molecule has 2 aliphatic heterocycles. The van der Waals surface area contributed by atoms with Gasteiger partial charge in [0.25, 0.3) is 0 Å². The van der Waals surface area contributed by atoms with Crippen molar-refractivity contribution in [2.24, 2.45) is 10.3 Å². The van der Waals surface area contributed by atoms with Gasteiger partial charge in [-0.3, -0.25) is 0 Å². The summed E-state index contributed by atoms with van der Waals surface area (Å²) in [7, 11) is 1.55. The molecule has 8 nitrogen and oxygen atoms in total. The number of carbonyl (C=O) groups is 1. The van der Waals surface area contributed by atoms with Crippen molar-refractivity contribution in [2.45, 2.75) is 37.5 Å². The molecule has 0 bridgehead atoms. The standard InChI is InChI=1S/C19H22N4O2S.C2HF3O2/c1-24-23-18(13-5-3-2-4-6-13)17-11-15(22-25-17)16-12-26-19(21-16)14-7-9-20-10-8-14;3-2(4,5)1(6)7/h2-6,12,14,17,20H,7-11H2,1H3;(H,6,7)/b23-18-;. The van der Waals surface area contributed by atoms with Crippen molar-refractivity contribution in [3.05, 3.63) is 52.0 Å². The summed E-state index contributed by atoms with van der Waals surface area (Å²) in [6.45, 7) is 2.14. The van der Waals surface area contributed by atoms with E-state index in [-0.39, 0.29) is 6.10 Å². The second-order valence-corrected chi connectivity index (χ2v) is 8.15. The number of carboxylic acids is 1.